The SMILES string of the molecule is CC1=CC2C(C)=C3C(=O)OC(=O)C3C(C)(C)C2O1. The number of allylic oxidation sites excluding steroid dienone is 1. The molecular weight excluding hydrogens is 232 g/mol. The Hall–Kier alpha value is -1.58. The van der Waals surface area contributed by atoms with Gasteiger partial charge in [0.15, 0.2) is 0 Å². The van der Waals surface area contributed by atoms with Crippen LogP contribution in [-0.2, 0) is 19.1 Å². The molecule has 1 saturated heterocycles. The van der Waals surface area contributed by atoms with E-state index in [0.717, 1.165) is 11.3 Å². The van der Waals surface area contributed by atoms with Crippen molar-refractivity contribution in [1.82, 2.24) is 0 Å². The van der Waals surface area contributed by atoms with Gasteiger partial charge in [0.1, 0.15) is 6.10 Å². The lowest BCUT2D eigenvalue weighted by Gasteiger charge is -2.42. The van der Waals surface area contributed by atoms with E-state index >= 15 is 0 Å². The van der Waals surface area contributed by atoms with Gasteiger partial charge in [0, 0.05) is 11.3 Å². The minimum atomic E-state index is -0.495. The van der Waals surface area contributed by atoms with Crippen molar-refractivity contribution >= 4 is 11.9 Å². The van der Waals surface area contributed by atoms with E-state index in [0.29, 0.717) is 5.57 Å². The van der Waals surface area contributed by atoms with E-state index in [1.807, 2.05) is 33.8 Å². The third kappa shape index (κ3) is 1.21. The number of hydrogen-bond donors (Lipinski definition) is 0. The minimum absolute atomic E-state index is 0.0738. The smallest absolute Gasteiger partial charge is 0.342 e. The summed E-state index contributed by atoms with van der Waals surface area (Å²) in [5.41, 5.74) is 1.02. The average Bonchev–Trinajstić information content (AvgIpc) is 2.77. The largest absolute Gasteiger partial charge is 0.494 e. The summed E-state index contributed by atoms with van der Waals surface area (Å²) in [5.74, 6) is -0.480. The van der Waals surface area contributed by atoms with E-state index in [1.165, 1.54) is 0 Å². The molecule has 0 amide bonds. The van der Waals surface area contributed by atoms with Crippen molar-refractivity contribution in [2.45, 2.75) is 33.8 Å². The van der Waals surface area contributed by atoms with Gasteiger partial charge < -0.3 is 9.47 Å². The third-order valence-corrected chi connectivity index (χ3v) is 4.39. The summed E-state index contributed by atoms with van der Waals surface area (Å²) in [6.07, 6.45) is 1.94. The van der Waals surface area contributed by atoms with Crippen molar-refractivity contribution in [3.8, 4) is 0 Å². The Morgan fingerprint density at radius 1 is 1.22 bits per heavy atom. The van der Waals surface area contributed by atoms with Gasteiger partial charge in [-0.25, -0.2) is 4.79 Å². The number of fused-ring (bicyclic) bond motifs is 2. The molecule has 0 radical (unpaired) electrons. The molecule has 2 aliphatic heterocycles. The Morgan fingerprint density at radius 3 is 2.56 bits per heavy atom. The predicted molar refractivity (Wildman–Crippen MR) is 63.2 cm³/mol. The van der Waals surface area contributed by atoms with E-state index in [1.54, 1.807) is 0 Å². The van der Waals surface area contributed by atoms with Crippen molar-refractivity contribution in [2.75, 3.05) is 0 Å². The van der Waals surface area contributed by atoms with Gasteiger partial charge in [-0.05, 0) is 19.9 Å². The second kappa shape index (κ2) is 3.25. The molecule has 2 heterocycles. The number of rotatable bonds is 0. The molecule has 1 fully saturated rings. The summed E-state index contributed by atoms with van der Waals surface area (Å²) in [5, 5.41) is 0. The summed E-state index contributed by atoms with van der Waals surface area (Å²) < 4.78 is 10.6. The van der Waals surface area contributed by atoms with Gasteiger partial charge >= 0.3 is 11.9 Å². The van der Waals surface area contributed by atoms with Crippen LogP contribution in [0.15, 0.2) is 23.0 Å². The first-order valence-electron chi connectivity index (χ1n) is 6.16. The van der Waals surface area contributed by atoms with Crippen LogP contribution in [0.5, 0.6) is 0 Å². The summed E-state index contributed by atoms with van der Waals surface area (Å²) in [7, 11) is 0. The Morgan fingerprint density at radius 2 is 1.89 bits per heavy atom. The molecule has 4 nitrogen and oxygen atoms in total. The molecule has 4 heteroatoms. The number of carbonyl (C=O) groups excluding carboxylic acids is 2. The highest BCUT2D eigenvalue weighted by Gasteiger charge is 2.59. The molecule has 96 valence electrons. The molecule has 3 rings (SSSR count). The standard InChI is InChI=1S/C14H16O4/c1-6-5-8-7(2)9-10(13(16)18-12(9)15)14(3,4)11(8)17-6/h5,8,10-11H,1-4H3. The predicted octanol–water partition coefficient (Wildman–Crippen LogP) is 1.96. The van der Waals surface area contributed by atoms with Crippen LogP contribution in [0.25, 0.3) is 0 Å². The highest BCUT2D eigenvalue weighted by Crippen LogP contribution is 2.54. The van der Waals surface area contributed by atoms with E-state index in [2.05, 4.69) is 0 Å². The topological polar surface area (TPSA) is 52.6 Å². The molecule has 3 unspecified atom stereocenters. The fourth-order valence-corrected chi connectivity index (χ4v) is 3.47. The first-order valence-corrected chi connectivity index (χ1v) is 6.16. The maximum absolute atomic E-state index is 11.9. The lowest BCUT2D eigenvalue weighted by atomic mass is 9.62. The molecule has 1 aliphatic carbocycles. The van der Waals surface area contributed by atoms with Crippen molar-refractivity contribution in [2.24, 2.45) is 17.3 Å². The lowest BCUT2D eigenvalue weighted by molar-refractivity contribution is -0.155. The van der Waals surface area contributed by atoms with Crippen LogP contribution in [0.4, 0.5) is 0 Å². The second-order valence-electron chi connectivity index (χ2n) is 5.90. The van der Waals surface area contributed by atoms with Gasteiger partial charge in [0.05, 0.1) is 17.3 Å². The number of esters is 2. The second-order valence-corrected chi connectivity index (χ2v) is 5.90. The summed E-state index contributed by atoms with van der Waals surface area (Å²) in [6, 6.07) is 0. The van der Waals surface area contributed by atoms with E-state index < -0.39 is 23.3 Å². The Balaban J connectivity index is 2.20. The highest BCUT2D eigenvalue weighted by molar-refractivity contribution is 6.08. The van der Waals surface area contributed by atoms with Gasteiger partial charge in [-0.2, -0.15) is 0 Å². The van der Waals surface area contributed by atoms with Gasteiger partial charge in [-0.3, -0.25) is 4.79 Å². The summed E-state index contributed by atoms with van der Waals surface area (Å²) >= 11 is 0. The average molecular weight is 248 g/mol. The monoisotopic (exact) mass is 248 g/mol. The van der Waals surface area contributed by atoms with Gasteiger partial charge in [0.2, 0.25) is 0 Å². The lowest BCUT2D eigenvalue weighted by Crippen LogP contribution is -2.47. The van der Waals surface area contributed by atoms with Crippen molar-refractivity contribution in [1.29, 1.82) is 0 Å². The van der Waals surface area contributed by atoms with Crippen molar-refractivity contribution in [3.63, 3.8) is 0 Å². The van der Waals surface area contributed by atoms with Crippen LogP contribution in [-0.4, -0.2) is 18.0 Å². The number of hydrogen-bond acceptors (Lipinski definition) is 4. The maximum atomic E-state index is 11.9. The number of cyclic esters (lactones) is 2. The van der Waals surface area contributed by atoms with Crippen molar-refractivity contribution < 1.29 is 19.1 Å². The molecule has 0 aromatic carbocycles. The zero-order chi connectivity index (χ0) is 13.2. The minimum Gasteiger partial charge on any atom is -0.494 e. The van der Waals surface area contributed by atoms with E-state index in [-0.39, 0.29) is 12.0 Å². The summed E-state index contributed by atoms with van der Waals surface area (Å²) in [6.45, 7) is 7.73. The van der Waals surface area contributed by atoms with Crippen LogP contribution in [0.3, 0.4) is 0 Å². The molecule has 0 saturated carbocycles. The Bertz CT molecular complexity index is 524. The Labute approximate surface area is 106 Å². The van der Waals surface area contributed by atoms with Crippen molar-refractivity contribution in [3.05, 3.63) is 23.0 Å². The fourth-order valence-electron chi connectivity index (χ4n) is 3.47. The third-order valence-electron chi connectivity index (χ3n) is 4.39. The molecular formula is C14H16O4. The Kier molecular flexibility index (Phi) is 2.08. The first kappa shape index (κ1) is 11.5. The molecule has 0 bridgehead atoms. The van der Waals surface area contributed by atoms with Gasteiger partial charge in [-0.1, -0.05) is 19.4 Å². The van der Waals surface area contributed by atoms with Crippen LogP contribution in [0, 0.1) is 17.3 Å². The fraction of sp³-hybridized carbons (Fsp3) is 0.571. The van der Waals surface area contributed by atoms with Crippen LogP contribution in [0.2, 0.25) is 0 Å². The van der Waals surface area contributed by atoms with Crippen LogP contribution >= 0.6 is 0 Å². The zero-order valence-corrected chi connectivity index (χ0v) is 10.9. The maximum Gasteiger partial charge on any atom is 0.342 e. The summed E-state index contributed by atoms with van der Waals surface area (Å²) in [4.78, 5) is 23.7. The molecule has 3 aliphatic rings. The van der Waals surface area contributed by atoms with Crippen LogP contribution in [0.1, 0.15) is 27.7 Å². The zero-order valence-electron chi connectivity index (χ0n) is 10.9. The normalized spacial score (nSPS) is 36.9. The van der Waals surface area contributed by atoms with E-state index in [4.69, 9.17) is 9.47 Å². The molecule has 18 heavy (non-hydrogen) atoms. The van der Waals surface area contributed by atoms with Crippen LogP contribution < -0.4 is 0 Å². The molecule has 0 aromatic rings. The quantitative estimate of drug-likeness (QED) is 0.486. The van der Waals surface area contributed by atoms with Gasteiger partial charge in [0.25, 0.3) is 0 Å². The van der Waals surface area contributed by atoms with E-state index in [9.17, 15) is 9.59 Å². The molecule has 0 aromatic heterocycles. The molecule has 3 atom stereocenters. The first-order chi connectivity index (χ1) is 8.34. The number of carbonyl (C=O) groups is 2. The highest BCUT2D eigenvalue weighted by atomic mass is 16.6. The molecule has 0 spiro atoms. The molecule has 0 N–H and O–H groups in total. The number of ether oxygens (including phenoxy) is 2. The van der Waals surface area contributed by atoms with Gasteiger partial charge in [-0.15, -0.1) is 0 Å².